The van der Waals surface area contributed by atoms with Gasteiger partial charge in [0.1, 0.15) is 0 Å². The number of rotatable bonds is 1. The Morgan fingerprint density at radius 2 is 0.667 bits per heavy atom. The van der Waals surface area contributed by atoms with Gasteiger partial charge >= 0.3 is 87.2 Å². The summed E-state index contributed by atoms with van der Waals surface area (Å²) in [4.78, 5) is 0. The second-order valence-electron chi connectivity index (χ2n) is 2.21. The fraction of sp³-hybridized carbons (Fsp3) is 1.00. The van der Waals surface area contributed by atoms with E-state index in [4.69, 9.17) is 8.42 Å². The molecule has 0 aromatic carbocycles. The summed E-state index contributed by atoms with van der Waals surface area (Å²) in [5.41, 5.74) is 0. The fourth-order valence-electron chi connectivity index (χ4n) is 0.356. The van der Waals surface area contributed by atoms with Crippen LogP contribution in [0.25, 0.3) is 0 Å². The van der Waals surface area contributed by atoms with E-state index in [2.05, 4.69) is 0 Å². The molecule has 0 heterocycles. The quantitative estimate of drug-likeness (QED) is 0.540. The van der Waals surface area contributed by atoms with Crippen LogP contribution in [0.1, 0.15) is 0 Å². The Labute approximate surface area is 138 Å². The van der Waals surface area contributed by atoms with Crippen LogP contribution >= 0.6 is 0 Å². The van der Waals surface area contributed by atoms with Crippen molar-refractivity contribution in [1.82, 2.24) is 0 Å². The van der Waals surface area contributed by atoms with Gasteiger partial charge in [0, 0.05) is 0 Å². The van der Waals surface area contributed by atoms with Crippen LogP contribution in [0.15, 0.2) is 0 Å². The average molecular weight is 342 g/mol. The van der Waals surface area contributed by atoms with Crippen LogP contribution in [0.3, 0.4) is 0 Å². The third-order valence-corrected chi connectivity index (χ3v) is 1.11. The SMILES string of the molecule is FC(F)(F)C(F)(F)C(F)(F)C(F)(F)F.O=S=O.[KH]. The van der Waals surface area contributed by atoms with Crippen molar-refractivity contribution in [2.24, 2.45) is 0 Å². The van der Waals surface area contributed by atoms with E-state index in [0.29, 0.717) is 0 Å². The molecule has 0 aliphatic rings. The maximum atomic E-state index is 11.6. The summed E-state index contributed by atoms with van der Waals surface area (Å²) in [6.45, 7) is 0. The summed E-state index contributed by atoms with van der Waals surface area (Å²) < 4.78 is 130. The van der Waals surface area contributed by atoms with Crippen molar-refractivity contribution >= 4 is 63.0 Å². The molecule has 2 nitrogen and oxygen atoms in total. The molecule has 0 saturated carbocycles. The molecule has 14 heteroatoms. The third-order valence-electron chi connectivity index (χ3n) is 1.11. The molecule has 0 aromatic rings. The molecular weight excluding hydrogens is 341 g/mol. The first-order valence-electron chi connectivity index (χ1n) is 2.97. The summed E-state index contributed by atoms with van der Waals surface area (Å²) in [6.07, 6.45) is -13.9. The van der Waals surface area contributed by atoms with Gasteiger partial charge in [0.15, 0.2) is 0 Å². The van der Waals surface area contributed by atoms with E-state index < -0.39 is 35.8 Å². The minimum atomic E-state index is -7.14. The molecule has 0 atom stereocenters. The van der Waals surface area contributed by atoms with Crippen LogP contribution in [0.2, 0.25) is 0 Å². The molecule has 0 amide bonds. The number of hydrogen-bond donors (Lipinski definition) is 0. The maximum absolute atomic E-state index is 11.6. The van der Waals surface area contributed by atoms with E-state index in [1.807, 2.05) is 0 Å². The van der Waals surface area contributed by atoms with Crippen LogP contribution in [0.5, 0.6) is 0 Å². The van der Waals surface area contributed by atoms with Gasteiger partial charge in [-0.15, -0.1) is 0 Å². The molecule has 0 aliphatic carbocycles. The molecule has 0 radical (unpaired) electrons. The Bertz CT molecular complexity index is 265. The van der Waals surface area contributed by atoms with E-state index in [0.717, 1.165) is 0 Å². The molecule has 0 unspecified atom stereocenters. The zero-order chi connectivity index (χ0) is 14.7. The van der Waals surface area contributed by atoms with Gasteiger partial charge in [-0.05, 0) is 0 Å². The van der Waals surface area contributed by atoms with Gasteiger partial charge in [0.2, 0.25) is 0 Å². The van der Waals surface area contributed by atoms with Crippen molar-refractivity contribution < 1.29 is 52.3 Å². The van der Waals surface area contributed by atoms with Gasteiger partial charge in [-0.2, -0.15) is 52.3 Å². The van der Waals surface area contributed by atoms with E-state index in [1.165, 1.54) is 0 Å². The standard InChI is InChI=1S/C4F10.K.O2S.H/c5-1(6,3(9,10)11)2(7,8)4(12,13)14;;1-3-2;. The van der Waals surface area contributed by atoms with E-state index in [9.17, 15) is 43.9 Å². The minimum absolute atomic E-state index is 0. The summed E-state index contributed by atoms with van der Waals surface area (Å²) in [7, 11) is 0. The summed E-state index contributed by atoms with van der Waals surface area (Å²) in [5, 5.41) is 0. The number of alkyl halides is 10. The molecule has 0 bridgehead atoms. The van der Waals surface area contributed by atoms with Gasteiger partial charge in [-0.3, -0.25) is 0 Å². The summed E-state index contributed by atoms with van der Waals surface area (Å²) in [6, 6.07) is 0. The van der Waals surface area contributed by atoms with Gasteiger partial charge in [0.05, 0.1) is 0 Å². The Hall–Kier alpha value is 0.756. The Balaban J connectivity index is -0.000000507. The van der Waals surface area contributed by atoms with Crippen LogP contribution in [0, 0.1) is 0 Å². The van der Waals surface area contributed by atoms with E-state index in [-0.39, 0.29) is 51.4 Å². The molecule has 106 valence electrons. The van der Waals surface area contributed by atoms with Gasteiger partial charge in [-0.1, -0.05) is 0 Å². The molecule has 18 heavy (non-hydrogen) atoms. The van der Waals surface area contributed by atoms with Crippen molar-refractivity contribution in [2.45, 2.75) is 24.2 Å². The second kappa shape index (κ2) is 7.52. The van der Waals surface area contributed by atoms with Crippen LogP contribution in [-0.2, 0) is 11.6 Å². The molecule has 0 fully saturated rings. The zero-order valence-corrected chi connectivity index (χ0v) is 7.82. The second-order valence-corrected chi connectivity index (χ2v) is 2.35. The fourth-order valence-corrected chi connectivity index (χ4v) is 0.356. The van der Waals surface area contributed by atoms with Crippen molar-refractivity contribution in [2.75, 3.05) is 0 Å². The zero-order valence-electron chi connectivity index (χ0n) is 7.00. The normalized spacial score (nSPS) is 13.0. The van der Waals surface area contributed by atoms with Gasteiger partial charge < -0.3 is 0 Å². The topological polar surface area (TPSA) is 34.1 Å². The Morgan fingerprint density at radius 3 is 0.722 bits per heavy atom. The van der Waals surface area contributed by atoms with Crippen LogP contribution in [-0.4, -0.2) is 84.0 Å². The summed E-state index contributed by atoms with van der Waals surface area (Å²) in [5.74, 6) is -14.3. The summed E-state index contributed by atoms with van der Waals surface area (Å²) >= 11 is -0.750. The number of hydrogen-bond acceptors (Lipinski definition) is 2. The van der Waals surface area contributed by atoms with Crippen molar-refractivity contribution in [3.63, 3.8) is 0 Å². The predicted molar refractivity (Wildman–Crippen MR) is 38.1 cm³/mol. The third kappa shape index (κ3) is 5.40. The first kappa shape index (κ1) is 23.8. The van der Waals surface area contributed by atoms with E-state index >= 15 is 0 Å². The Kier molecular flexibility index (Phi) is 9.95. The molecule has 0 aliphatic heterocycles. The van der Waals surface area contributed by atoms with Crippen molar-refractivity contribution in [3.05, 3.63) is 0 Å². The van der Waals surface area contributed by atoms with Crippen LogP contribution < -0.4 is 0 Å². The molecule has 0 spiro atoms. The first-order chi connectivity index (χ1) is 7.16. The molecule has 0 rings (SSSR count). The average Bonchev–Trinajstić information content (AvgIpc) is 2.00. The van der Waals surface area contributed by atoms with Crippen LogP contribution in [0.4, 0.5) is 43.9 Å². The molecule has 0 N–H and O–H groups in total. The Morgan fingerprint density at radius 1 is 0.556 bits per heavy atom. The predicted octanol–water partition coefficient (Wildman–Crippen LogP) is 2.06. The first-order valence-corrected chi connectivity index (χ1v) is 3.64. The molecular formula is C4HF10KO2S. The van der Waals surface area contributed by atoms with Gasteiger partial charge in [0.25, 0.3) is 0 Å². The monoisotopic (exact) mass is 342 g/mol. The number of halogens is 10. The van der Waals surface area contributed by atoms with Crippen molar-refractivity contribution in [3.8, 4) is 0 Å². The van der Waals surface area contributed by atoms with Crippen molar-refractivity contribution in [1.29, 1.82) is 0 Å². The van der Waals surface area contributed by atoms with Gasteiger partial charge in [-0.25, -0.2) is 0 Å². The molecule has 0 saturated heterocycles. The van der Waals surface area contributed by atoms with E-state index in [1.54, 1.807) is 0 Å². The molecule has 0 aromatic heterocycles.